The Hall–Kier alpha value is -3.44. The van der Waals surface area contributed by atoms with Crippen LogP contribution in [0.5, 0.6) is 0 Å². The van der Waals surface area contributed by atoms with E-state index >= 15 is 0 Å². The topological polar surface area (TPSA) is 125 Å². The summed E-state index contributed by atoms with van der Waals surface area (Å²) in [5.74, 6) is -1.06. The van der Waals surface area contributed by atoms with Gasteiger partial charge in [-0.2, -0.15) is 0 Å². The predicted molar refractivity (Wildman–Crippen MR) is 127 cm³/mol. The largest absolute Gasteiger partial charge is 0.366 e. The Labute approximate surface area is 203 Å². The van der Waals surface area contributed by atoms with Crippen molar-refractivity contribution < 1.29 is 19.5 Å². The third-order valence-corrected chi connectivity index (χ3v) is 7.82. The van der Waals surface area contributed by atoms with Crippen molar-refractivity contribution in [3.63, 3.8) is 0 Å². The maximum Gasteiger partial charge on any atom is 0.366 e. The molecule has 1 aliphatic carbocycles. The number of hydrogen-bond acceptors (Lipinski definition) is 7. The zero-order chi connectivity index (χ0) is 23.7. The van der Waals surface area contributed by atoms with Crippen LogP contribution < -0.4 is 0 Å². The molecule has 0 amide bonds. The highest BCUT2D eigenvalue weighted by atomic mass is 79.9. The Morgan fingerprint density at radius 2 is 1.27 bits per heavy atom. The average molecular weight is 575 g/mol. The molecule has 1 aliphatic rings. The van der Waals surface area contributed by atoms with Gasteiger partial charge in [-0.25, -0.2) is 4.79 Å². The van der Waals surface area contributed by atoms with Gasteiger partial charge in [-0.05, 0) is 11.1 Å². The molecule has 0 bridgehead atoms. The van der Waals surface area contributed by atoms with Gasteiger partial charge in [0.1, 0.15) is 5.71 Å². The number of nitro groups is 2. The van der Waals surface area contributed by atoms with E-state index in [1.54, 1.807) is 0 Å². The summed E-state index contributed by atoms with van der Waals surface area (Å²) in [6.45, 7) is 0. The Bertz CT molecular complexity index is 1240. The van der Waals surface area contributed by atoms with Crippen molar-refractivity contribution in [2.45, 2.75) is 9.65 Å². The number of rotatable bonds is 4. The Morgan fingerprint density at radius 1 is 0.818 bits per heavy atom. The number of non-ortho nitro benzene ring substituents is 2. The van der Waals surface area contributed by atoms with Gasteiger partial charge in [-0.15, -0.1) is 0 Å². The minimum Gasteiger partial charge on any atom is -0.312 e. The first kappa shape index (κ1) is 22.7. The molecule has 0 radical (unpaired) electrons. The number of nitro benzene ring substituents is 2. The first-order valence-electron chi connectivity index (χ1n) is 9.48. The molecule has 2 atom stereocenters. The van der Waals surface area contributed by atoms with E-state index in [0.717, 1.165) is 40.5 Å². The predicted octanol–water partition coefficient (Wildman–Crippen LogP) is 6.00. The molecule has 0 aromatic heterocycles. The first-order valence-corrected chi connectivity index (χ1v) is 11.3. The third kappa shape index (κ3) is 4.41. The number of fused-ring (bicyclic) bond motifs is 2. The molecule has 0 heterocycles. The lowest BCUT2D eigenvalue weighted by molar-refractivity contribution is -0.394. The van der Waals surface area contributed by atoms with Crippen molar-refractivity contribution >= 4 is 54.9 Å². The van der Waals surface area contributed by atoms with Gasteiger partial charge in [0.05, 0.1) is 31.1 Å². The van der Waals surface area contributed by atoms with Gasteiger partial charge in [-0.1, -0.05) is 85.5 Å². The summed E-state index contributed by atoms with van der Waals surface area (Å²) in [7, 11) is 0. The van der Waals surface area contributed by atoms with Crippen LogP contribution in [0.4, 0.5) is 11.4 Å². The number of oxime groups is 1. The van der Waals surface area contributed by atoms with Crippen molar-refractivity contribution in [3.8, 4) is 0 Å². The molecular weight excluding hydrogens is 562 g/mol. The number of nitrogens with zero attached hydrogens (tertiary/aromatic N) is 3. The van der Waals surface area contributed by atoms with E-state index in [-0.39, 0.29) is 15.2 Å². The lowest BCUT2D eigenvalue weighted by Crippen LogP contribution is -2.10. The van der Waals surface area contributed by atoms with Crippen molar-refractivity contribution in [1.82, 2.24) is 0 Å². The summed E-state index contributed by atoms with van der Waals surface area (Å²) in [6, 6.07) is 17.6. The molecule has 3 aromatic carbocycles. The van der Waals surface area contributed by atoms with Crippen LogP contribution in [0.25, 0.3) is 0 Å². The van der Waals surface area contributed by atoms with Gasteiger partial charge >= 0.3 is 5.97 Å². The molecule has 0 unspecified atom stereocenters. The van der Waals surface area contributed by atoms with Crippen LogP contribution in [0.15, 0.2) is 71.9 Å². The average Bonchev–Trinajstić information content (AvgIpc) is 2.91. The second-order valence-electron chi connectivity index (χ2n) is 7.05. The number of carbonyl (C=O) groups excluding carboxylic acids is 1. The fourth-order valence-corrected chi connectivity index (χ4v) is 4.90. The van der Waals surface area contributed by atoms with Gasteiger partial charge < -0.3 is 4.84 Å². The van der Waals surface area contributed by atoms with E-state index in [1.165, 1.54) is 0 Å². The molecule has 0 fully saturated rings. The van der Waals surface area contributed by atoms with Gasteiger partial charge in [0.15, 0.2) is 0 Å². The molecule has 4 rings (SSSR count). The fourth-order valence-electron chi connectivity index (χ4n) is 3.53. The minimum atomic E-state index is -1.06. The lowest BCUT2D eigenvalue weighted by Gasteiger charge is -2.16. The van der Waals surface area contributed by atoms with Crippen LogP contribution >= 0.6 is 31.9 Å². The molecule has 0 aliphatic heterocycles. The lowest BCUT2D eigenvalue weighted by atomic mass is 9.98. The van der Waals surface area contributed by atoms with Crippen molar-refractivity contribution in [2.75, 3.05) is 0 Å². The summed E-state index contributed by atoms with van der Waals surface area (Å²) >= 11 is 7.44. The molecule has 166 valence electrons. The molecule has 33 heavy (non-hydrogen) atoms. The molecule has 0 N–H and O–H groups in total. The van der Waals surface area contributed by atoms with Crippen molar-refractivity contribution in [3.05, 3.63) is 115 Å². The van der Waals surface area contributed by atoms with E-state index < -0.39 is 27.2 Å². The quantitative estimate of drug-likeness (QED) is 0.163. The van der Waals surface area contributed by atoms with Crippen LogP contribution in [0.3, 0.4) is 0 Å². The van der Waals surface area contributed by atoms with Gasteiger partial charge in [-0.3, -0.25) is 20.2 Å². The van der Waals surface area contributed by atoms with Gasteiger partial charge in [0, 0.05) is 23.3 Å². The van der Waals surface area contributed by atoms with E-state index in [9.17, 15) is 25.0 Å². The second kappa shape index (κ2) is 9.20. The summed E-state index contributed by atoms with van der Waals surface area (Å²) in [4.78, 5) is 38.2. The minimum absolute atomic E-state index is 0.0994. The van der Waals surface area contributed by atoms with Crippen molar-refractivity contribution in [2.24, 2.45) is 5.16 Å². The summed E-state index contributed by atoms with van der Waals surface area (Å²) in [6.07, 6.45) is 0. The molecular formula is C22H13Br2N3O6. The summed E-state index contributed by atoms with van der Waals surface area (Å²) in [5.41, 5.74) is 2.12. The number of hydrogen-bond donors (Lipinski definition) is 0. The fraction of sp³-hybridized carbons (Fsp3) is 0.0909. The van der Waals surface area contributed by atoms with E-state index in [1.807, 2.05) is 48.5 Å². The van der Waals surface area contributed by atoms with Crippen molar-refractivity contribution in [1.29, 1.82) is 0 Å². The van der Waals surface area contributed by atoms with Crippen LogP contribution in [0.1, 0.15) is 42.3 Å². The molecule has 0 saturated heterocycles. The monoisotopic (exact) mass is 573 g/mol. The molecule has 0 saturated carbocycles. The molecule has 3 aromatic rings. The normalized spacial score (nSPS) is 18.1. The highest BCUT2D eigenvalue weighted by Crippen LogP contribution is 2.47. The smallest absolute Gasteiger partial charge is 0.312 e. The van der Waals surface area contributed by atoms with Gasteiger partial charge in [0.25, 0.3) is 11.4 Å². The Morgan fingerprint density at radius 3 is 1.73 bits per heavy atom. The second-order valence-corrected chi connectivity index (χ2v) is 9.02. The van der Waals surface area contributed by atoms with E-state index in [4.69, 9.17) is 4.84 Å². The number of carbonyl (C=O) groups is 1. The summed E-state index contributed by atoms with van der Waals surface area (Å²) in [5, 5.41) is 26.4. The number of benzene rings is 3. The van der Waals surface area contributed by atoms with Crippen LogP contribution in [0.2, 0.25) is 0 Å². The van der Waals surface area contributed by atoms with Crippen LogP contribution in [-0.4, -0.2) is 21.5 Å². The zero-order valence-corrected chi connectivity index (χ0v) is 19.7. The van der Waals surface area contributed by atoms with Crippen LogP contribution in [0, 0.1) is 20.2 Å². The molecule has 0 spiro atoms. The molecule has 11 heteroatoms. The number of halogens is 2. The Balaban J connectivity index is 1.80. The maximum absolute atomic E-state index is 12.7. The summed E-state index contributed by atoms with van der Waals surface area (Å²) < 4.78 is 0. The molecule has 9 nitrogen and oxygen atoms in total. The first-order chi connectivity index (χ1) is 15.8. The Kier molecular flexibility index (Phi) is 6.34. The van der Waals surface area contributed by atoms with Gasteiger partial charge in [0.2, 0.25) is 0 Å². The number of alkyl halides is 2. The standard InChI is InChI=1S/C22H13Br2N3O6/c23-19-15-5-1-3-7-17(15)21(18-8-4-2-6-16(18)20(19)24)25-33-22(28)12-9-13(26(29)30)11-14(10-12)27(31)32/h1-11,19-20H/t19-,20+. The van der Waals surface area contributed by atoms with E-state index in [2.05, 4.69) is 37.0 Å². The van der Waals surface area contributed by atoms with E-state index in [0.29, 0.717) is 5.71 Å². The highest BCUT2D eigenvalue weighted by molar-refractivity contribution is 9.12. The van der Waals surface area contributed by atoms with Crippen LogP contribution in [-0.2, 0) is 4.84 Å². The third-order valence-electron chi connectivity index (χ3n) is 5.06. The zero-order valence-electron chi connectivity index (χ0n) is 16.6. The maximum atomic E-state index is 12.7. The SMILES string of the molecule is O=C(ON=C1c2ccccc2[C@@H](Br)[C@@H](Br)c2ccccc21)c1cc([N+](=O)[O-])cc([N+](=O)[O-])c1. The highest BCUT2D eigenvalue weighted by Gasteiger charge is 2.31.